The van der Waals surface area contributed by atoms with Crippen LogP contribution in [0.4, 0.5) is 0 Å². The van der Waals surface area contributed by atoms with E-state index in [1.165, 1.54) is 0 Å². The van der Waals surface area contributed by atoms with Gasteiger partial charge in [0, 0.05) is 45.1 Å². The SMILES string of the molecule is CC(C)(N)C(=O)N1CCN(Cc2cn3ccccc3n2)CC1.Cl.Cl. The molecule has 6 nitrogen and oxygen atoms in total. The second-order valence-corrected chi connectivity index (χ2v) is 6.49. The fourth-order valence-electron chi connectivity index (χ4n) is 2.81. The Balaban J connectivity index is 0.00000144. The van der Waals surface area contributed by atoms with E-state index in [4.69, 9.17) is 5.73 Å². The number of nitrogens with zero attached hydrogens (tertiary/aromatic N) is 4. The number of amides is 1. The molecule has 0 aliphatic carbocycles. The van der Waals surface area contributed by atoms with Crippen molar-refractivity contribution < 1.29 is 4.79 Å². The van der Waals surface area contributed by atoms with Gasteiger partial charge in [-0.1, -0.05) is 6.07 Å². The van der Waals surface area contributed by atoms with Crippen molar-refractivity contribution in [2.75, 3.05) is 26.2 Å². The number of hydrogen-bond donors (Lipinski definition) is 1. The van der Waals surface area contributed by atoms with Crippen LogP contribution in [-0.4, -0.2) is 56.8 Å². The first-order valence-corrected chi connectivity index (χ1v) is 7.67. The van der Waals surface area contributed by atoms with Crippen molar-refractivity contribution in [2.45, 2.75) is 25.9 Å². The Hall–Kier alpha value is -1.34. The van der Waals surface area contributed by atoms with E-state index in [9.17, 15) is 4.79 Å². The fourth-order valence-corrected chi connectivity index (χ4v) is 2.81. The fraction of sp³-hybridized carbons (Fsp3) is 0.500. The molecule has 3 rings (SSSR count). The summed E-state index contributed by atoms with van der Waals surface area (Å²) in [5.74, 6) is 0.0277. The highest BCUT2D eigenvalue weighted by Gasteiger charge is 2.30. The Morgan fingerprint density at radius 2 is 1.88 bits per heavy atom. The van der Waals surface area contributed by atoms with E-state index >= 15 is 0 Å². The Kier molecular flexibility index (Phi) is 7.04. The average Bonchev–Trinajstić information content (AvgIpc) is 2.88. The van der Waals surface area contributed by atoms with E-state index in [1.807, 2.05) is 33.7 Å². The standard InChI is InChI=1S/C16H23N5O.2ClH/c1-16(2,17)15(22)20-9-7-19(8-10-20)11-13-12-21-6-4-3-5-14(21)18-13;;/h3-6,12H,7-11,17H2,1-2H3;2*1H. The first-order valence-electron chi connectivity index (χ1n) is 7.67. The predicted octanol–water partition coefficient (Wildman–Crippen LogP) is 1.56. The number of hydrogen-bond acceptors (Lipinski definition) is 4. The molecule has 0 atom stereocenters. The summed E-state index contributed by atoms with van der Waals surface area (Å²) < 4.78 is 2.03. The maximum Gasteiger partial charge on any atom is 0.242 e. The number of nitrogens with two attached hydrogens (primary N) is 1. The summed E-state index contributed by atoms with van der Waals surface area (Å²) >= 11 is 0. The van der Waals surface area contributed by atoms with Gasteiger partial charge in [0.1, 0.15) is 5.65 Å². The molecular formula is C16H25Cl2N5O. The van der Waals surface area contributed by atoms with Gasteiger partial charge in [-0.2, -0.15) is 0 Å². The molecule has 8 heteroatoms. The first-order chi connectivity index (χ1) is 10.4. The van der Waals surface area contributed by atoms with Gasteiger partial charge in [0.2, 0.25) is 5.91 Å². The summed E-state index contributed by atoms with van der Waals surface area (Å²) in [4.78, 5) is 21.0. The van der Waals surface area contributed by atoms with Gasteiger partial charge in [-0.25, -0.2) is 4.98 Å². The smallest absolute Gasteiger partial charge is 0.242 e. The molecule has 0 spiro atoms. The predicted molar refractivity (Wildman–Crippen MR) is 99.8 cm³/mol. The van der Waals surface area contributed by atoms with Crippen LogP contribution in [0.2, 0.25) is 0 Å². The van der Waals surface area contributed by atoms with Crippen LogP contribution in [0.25, 0.3) is 5.65 Å². The van der Waals surface area contributed by atoms with E-state index in [2.05, 4.69) is 16.1 Å². The number of imidazole rings is 1. The number of aromatic nitrogens is 2. The zero-order valence-electron chi connectivity index (χ0n) is 14.0. The third-order valence-corrected chi connectivity index (χ3v) is 4.01. The number of pyridine rings is 1. The van der Waals surface area contributed by atoms with E-state index in [-0.39, 0.29) is 30.7 Å². The number of carbonyl (C=O) groups excluding carboxylic acids is 1. The van der Waals surface area contributed by atoms with Gasteiger partial charge in [0.05, 0.1) is 11.2 Å². The monoisotopic (exact) mass is 373 g/mol. The number of piperazine rings is 1. The number of halogens is 2. The first kappa shape index (κ1) is 20.7. The maximum atomic E-state index is 12.2. The lowest BCUT2D eigenvalue weighted by atomic mass is 10.0. The third kappa shape index (κ3) is 4.60. The van der Waals surface area contributed by atoms with E-state index < -0.39 is 5.54 Å². The van der Waals surface area contributed by atoms with Crippen LogP contribution >= 0.6 is 24.8 Å². The van der Waals surface area contributed by atoms with Gasteiger partial charge in [0.15, 0.2) is 0 Å². The van der Waals surface area contributed by atoms with Gasteiger partial charge in [0.25, 0.3) is 0 Å². The Bertz CT molecular complexity index is 641. The molecule has 2 aromatic rings. The van der Waals surface area contributed by atoms with Gasteiger partial charge >= 0.3 is 0 Å². The van der Waals surface area contributed by atoms with E-state index in [0.29, 0.717) is 0 Å². The van der Waals surface area contributed by atoms with Crippen LogP contribution < -0.4 is 5.73 Å². The molecule has 134 valence electrons. The molecule has 0 saturated carbocycles. The van der Waals surface area contributed by atoms with Gasteiger partial charge in [-0.05, 0) is 26.0 Å². The van der Waals surface area contributed by atoms with Crippen molar-refractivity contribution in [2.24, 2.45) is 5.73 Å². The van der Waals surface area contributed by atoms with Crippen molar-refractivity contribution >= 4 is 36.4 Å². The van der Waals surface area contributed by atoms with E-state index in [1.54, 1.807) is 13.8 Å². The minimum absolute atomic E-state index is 0. The van der Waals surface area contributed by atoms with Crippen molar-refractivity contribution in [3.63, 3.8) is 0 Å². The van der Waals surface area contributed by atoms with Crippen LogP contribution in [-0.2, 0) is 11.3 Å². The van der Waals surface area contributed by atoms with E-state index in [0.717, 1.165) is 44.1 Å². The highest BCUT2D eigenvalue weighted by molar-refractivity contribution is 5.86. The Labute approximate surface area is 154 Å². The molecule has 2 N–H and O–H groups in total. The quantitative estimate of drug-likeness (QED) is 0.886. The Morgan fingerprint density at radius 1 is 1.21 bits per heavy atom. The molecule has 0 radical (unpaired) electrons. The molecule has 0 bridgehead atoms. The second-order valence-electron chi connectivity index (χ2n) is 6.49. The molecule has 1 amide bonds. The summed E-state index contributed by atoms with van der Waals surface area (Å²) in [6, 6.07) is 5.99. The number of rotatable bonds is 3. The molecule has 1 saturated heterocycles. The molecule has 1 aliphatic rings. The maximum absolute atomic E-state index is 12.2. The van der Waals surface area contributed by atoms with Gasteiger partial charge < -0.3 is 15.0 Å². The normalized spacial score (nSPS) is 15.7. The molecule has 3 heterocycles. The zero-order chi connectivity index (χ0) is 15.7. The summed E-state index contributed by atoms with van der Waals surface area (Å²) in [7, 11) is 0. The molecule has 0 aromatic carbocycles. The lowest BCUT2D eigenvalue weighted by Gasteiger charge is -2.37. The Morgan fingerprint density at radius 3 is 2.46 bits per heavy atom. The summed E-state index contributed by atoms with van der Waals surface area (Å²) in [6.07, 6.45) is 4.07. The summed E-state index contributed by atoms with van der Waals surface area (Å²) in [5.41, 5.74) is 7.13. The minimum Gasteiger partial charge on any atom is -0.339 e. The van der Waals surface area contributed by atoms with Crippen molar-refractivity contribution in [1.29, 1.82) is 0 Å². The van der Waals surface area contributed by atoms with Crippen LogP contribution in [0.5, 0.6) is 0 Å². The molecular weight excluding hydrogens is 349 g/mol. The highest BCUT2D eigenvalue weighted by Crippen LogP contribution is 2.12. The van der Waals surface area contributed by atoms with Crippen LogP contribution in [0.15, 0.2) is 30.6 Å². The van der Waals surface area contributed by atoms with Crippen LogP contribution in [0.3, 0.4) is 0 Å². The lowest BCUT2D eigenvalue weighted by molar-refractivity contribution is -0.137. The molecule has 24 heavy (non-hydrogen) atoms. The number of carbonyl (C=O) groups is 1. The average molecular weight is 374 g/mol. The zero-order valence-corrected chi connectivity index (χ0v) is 15.6. The largest absolute Gasteiger partial charge is 0.339 e. The molecule has 1 aliphatic heterocycles. The summed E-state index contributed by atoms with van der Waals surface area (Å²) in [5, 5.41) is 0. The molecule has 1 fully saturated rings. The van der Waals surface area contributed by atoms with Gasteiger partial charge in [-0.3, -0.25) is 9.69 Å². The van der Waals surface area contributed by atoms with Crippen molar-refractivity contribution in [1.82, 2.24) is 19.2 Å². The topological polar surface area (TPSA) is 66.9 Å². The minimum atomic E-state index is -0.788. The lowest BCUT2D eigenvalue weighted by Crippen LogP contribution is -2.56. The van der Waals surface area contributed by atoms with Crippen LogP contribution in [0, 0.1) is 0 Å². The van der Waals surface area contributed by atoms with Crippen molar-refractivity contribution in [3.05, 3.63) is 36.3 Å². The molecule has 0 unspecified atom stereocenters. The third-order valence-electron chi connectivity index (χ3n) is 4.01. The van der Waals surface area contributed by atoms with Gasteiger partial charge in [-0.15, -0.1) is 24.8 Å². The second kappa shape index (κ2) is 8.16. The van der Waals surface area contributed by atoms with Crippen LogP contribution in [0.1, 0.15) is 19.5 Å². The summed E-state index contributed by atoms with van der Waals surface area (Å²) in [6.45, 7) is 7.51. The number of fused-ring (bicyclic) bond motifs is 1. The van der Waals surface area contributed by atoms with Crippen molar-refractivity contribution in [3.8, 4) is 0 Å². The highest BCUT2D eigenvalue weighted by atomic mass is 35.5. The molecule has 2 aromatic heterocycles.